The fourth-order valence-corrected chi connectivity index (χ4v) is 5.74. The van der Waals surface area contributed by atoms with E-state index in [0.717, 1.165) is 20.1 Å². The van der Waals surface area contributed by atoms with E-state index in [1.807, 2.05) is 50.2 Å². The molecule has 4 nitrogen and oxygen atoms in total. The van der Waals surface area contributed by atoms with Gasteiger partial charge >= 0.3 is 0 Å². The van der Waals surface area contributed by atoms with Crippen molar-refractivity contribution in [3.63, 3.8) is 0 Å². The van der Waals surface area contributed by atoms with Crippen LogP contribution in [0.4, 0.5) is 0 Å². The molecule has 33 heavy (non-hydrogen) atoms. The Hall–Kier alpha value is -2.61. The lowest BCUT2D eigenvalue weighted by Gasteiger charge is -2.10. The van der Waals surface area contributed by atoms with Gasteiger partial charge < -0.3 is 9.47 Å². The van der Waals surface area contributed by atoms with Crippen LogP contribution in [0.3, 0.4) is 0 Å². The van der Waals surface area contributed by atoms with Gasteiger partial charge in [0.1, 0.15) is 23.0 Å². The third-order valence-corrected chi connectivity index (χ3v) is 7.47. The molecule has 7 heteroatoms. The molecule has 0 amide bonds. The molecule has 0 bridgehead atoms. The number of benzene rings is 4. The SMILES string of the molecule is Cc1cc(Br)cc(Oc2ccc(S(=O)(=O)c3ccc(Oc4cc(C)cc(Br)c4)cc3)cc2)c1. The molecule has 0 aliphatic rings. The first-order chi connectivity index (χ1) is 15.7. The first kappa shape index (κ1) is 23.5. The Balaban J connectivity index is 1.50. The summed E-state index contributed by atoms with van der Waals surface area (Å²) in [5.41, 5.74) is 2.11. The zero-order valence-electron chi connectivity index (χ0n) is 17.9. The fraction of sp³-hybridized carbons (Fsp3) is 0.0769. The van der Waals surface area contributed by atoms with E-state index in [1.54, 1.807) is 48.5 Å². The predicted molar refractivity (Wildman–Crippen MR) is 136 cm³/mol. The Kier molecular flexibility index (Phi) is 6.93. The standard InChI is InChI=1S/C26H20Br2O4S/c1-17-11-19(27)15-23(13-17)31-21-3-7-25(8-4-21)33(29,30)26-9-5-22(6-10-26)32-24-14-18(2)12-20(28)16-24/h3-16H,1-2H3. The molecular formula is C26H20Br2O4S. The van der Waals surface area contributed by atoms with Crippen LogP contribution < -0.4 is 9.47 Å². The topological polar surface area (TPSA) is 52.6 Å². The summed E-state index contributed by atoms with van der Waals surface area (Å²) in [7, 11) is -3.67. The summed E-state index contributed by atoms with van der Waals surface area (Å²) in [6.45, 7) is 3.95. The van der Waals surface area contributed by atoms with E-state index < -0.39 is 9.84 Å². The zero-order valence-corrected chi connectivity index (χ0v) is 21.9. The quantitative estimate of drug-likeness (QED) is 0.228. The Morgan fingerprint density at radius 1 is 0.545 bits per heavy atom. The van der Waals surface area contributed by atoms with Crippen LogP contribution in [0.2, 0.25) is 0 Å². The maximum Gasteiger partial charge on any atom is 0.206 e. The van der Waals surface area contributed by atoms with E-state index in [1.165, 1.54) is 0 Å². The van der Waals surface area contributed by atoms with Gasteiger partial charge in [-0.2, -0.15) is 0 Å². The Bertz CT molecular complexity index is 1250. The van der Waals surface area contributed by atoms with E-state index >= 15 is 0 Å². The average molecular weight is 588 g/mol. The summed E-state index contributed by atoms with van der Waals surface area (Å²) >= 11 is 6.90. The molecule has 0 N–H and O–H groups in total. The number of ether oxygens (including phenoxy) is 2. The second-order valence-corrected chi connectivity index (χ2v) is 11.4. The number of aryl methyl sites for hydroxylation is 2. The van der Waals surface area contributed by atoms with Gasteiger partial charge in [0.15, 0.2) is 0 Å². The van der Waals surface area contributed by atoms with Crippen LogP contribution in [0, 0.1) is 13.8 Å². The molecule has 0 saturated carbocycles. The van der Waals surface area contributed by atoms with Gasteiger partial charge in [0.2, 0.25) is 9.84 Å². The summed E-state index contributed by atoms with van der Waals surface area (Å²) in [5.74, 6) is 2.46. The summed E-state index contributed by atoms with van der Waals surface area (Å²) in [6, 6.07) is 24.3. The minimum absolute atomic E-state index is 0.191. The van der Waals surface area contributed by atoms with Gasteiger partial charge in [-0.05, 0) is 110 Å². The van der Waals surface area contributed by atoms with E-state index in [-0.39, 0.29) is 9.79 Å². The monoisotopic (exact) mass is 586 g/mol. The average Bonchev–Trinajstić information content (AvgIpc) is 2.73. The molecule has 4 aromatic carbocycles. The molecule has 0 saturated heterocycles. The second kappa shape index (κ2) is 9.71. The zero-order chi connectivity index (χ0) is 23.6. The van der Waals surface area contributed by atoms with E-state index in [2.05, 4.69) is 31.9 Å². The molecule has 0 aliphatic carbocycles. The minimum Gasteiger partial charge on any atom is -0.457 e. The Morgan fingerprint density at radius 2 is 0.909 bits per heavy atom. The molecule has 0 radical (unpaired) electrons. The minimum atomic E-state index is -3.67. The van der Waals surface area contributed by atoms with Crippen molar-refractivity contribution in [3.05, 3.63) is 105 Å². The molecule has 0 fully saturated rings. The molecule has 0 heterocycles. The van der Waals surface area contributed by atoms with E-state index in [0.29, 0.717) is 23.0 Å². The maximum absolute atomic E-state index is 13.1. The first-order valence-corrected chi connectivity index (χ1v) is 13.1. The van der Waals surface area contributed by atoms with Crippen molar-refractivity contribution >= 4 is 41.7 Å². The van der Waals surface area contributed by atoms with Gasteiger partial charge in [-0.3, -0.25) is 0 Å². The first-order valence-electron chi connectivity index (χ1n) is 10.0. The summed E-state index contributed by atoms with van der Waals surface area (Å²) < 4.78 is 39.7. The highest BCUT2D eigenvalue weighted by Gasteiger charge is 2.18. The Labute approximate surface area is 210 Å². The highest BCUT2D eigenvalue weighted by Crippen LogP contribution is 2.30. The van der Waals surface area contributed by atoms with Crippen LogP contribution in [-0.4, -0.2) is 8.42 Å². The van der Waals surface area contributed by atoms with E-state index in [9.17, 15) is 8.42 Å². The molecule has 0 aliphatic heterocycles. The van der Waals surface area contributed by atoms with Crippen molar-refractivity contribution < 1.29 is 17.9 Å². The lowest BCUT2D eigenvalue weighted by molar-refractivity contribution is 0.481. The lowest BCUT2D eigenvalue weighted by Crippen LogP contribution is -2.01. The molecule has 0 spiro atoms. The van der Waals surface area contributed by atoms with Gasteiger partial charge in [-0.25, -0.2) is 8.42 Å². The van der Waals surface area contributed by atoms with Crippen LogP contribution >= 0.6 is 31.9 Å². The molecule has 4 rings (SSSR count). The van der Waals surface area contributed by atoms with Crippen molar-refractivity contribution in [2.75, 3.05) is 0 Å². The number of rotatable bonds is 6. The predicted octanol–water partition coefficient (Wildman–Crippen LogP) is 8.25. The summed E-state index contributed by atoms with van der Waals surface area (Å²) in [6.07, 6.45) is 0. The highest BCUT2D eigenvalue weighted by atomic mass is 79.9. The van der Waals surface area contributed by atoms with Gasteiger partial charge in [-0.1, -0.05) is 31.9 Å². The van der Waals surface area contributed by atoms with E-state index in [4.69, 9.17) is 9.47 Å². The van der Waals surface area contributed by atoms with Gasteiger partial charge in [0.05, 0.1) is 9.79 Å². The normalized spacial score (nSPS) is 11.3. The molecule has 0 unspecified atom stereocenters. The second-order valence-electron chi connectivity index (χ2n) is 7.58. The number of sulfone groups is 1. The number of halogens is 2. The molecule has 168 valence electrons. The number of hydrogen-bond acceptors (Lipinski definition) is 4. The van der Waals surface area contributed by atoms with Crippen molar-refractivity contribution in [2.24, 2.45) is 0 Å². The van der Waals surface area contributed by atoms with Crippen LogP contribution in [-0.2, 0) is 9.84 Å². The molecule has 0 atom stereocenters. The molecule has 0 aromatic heterocycles. The molecule has 4 aromatic rings. The summed E-state index contributed by atoms with van der Waals surface area (Å²) in [4.78, 5) is 0.383. The van der Waals surface area contributed by atoms with Gasteiger partial charge in [0.25, 0.3) is 0 Å². The van der Waals surface area contributed by atoms with Gasteiger partial charge in [-0.15, -0.1) is 0 Å². The highest BCUT2D eigenvalue weighted by molar-refractivity contribution is 9.10. The van der Waals surface area contributed by atoms with Crippen molar-refractivity contribution in [3.8, 4) is 23.0 Å². The maximum atomic E-state index is 13.1. The smallest absolute Gasteiger partial charge is 0.206 e. The Morgan fingerprint density at radius 3 is 1.24 bits per heavy atom. The fourth-order valence-electron chi connectivity index (χ4n) is 3.31. The molecular weight excluding hydrogens is 568 g/mol. The van der Waals surface area contributed by atoms with Crippen LogP contribution in [0.15, 0.2) is 104 Å². The van der Waals surface area contributed by atoms with Crippen molar-refractivity contribution in [1.82, 2.24) is 0 Å². The lowest BCUT2D eigenvalue weighted by atomic mass is 10.2. The van der Waals surface area contributed by atoms with Crippen molar-refractivity contribution in [1.29, 1.82) is 0 Å². The largest absolute Gasteiger partial charge is 0.457 e. The van der Waals surface area contributed by atoms with Crippen LogP contribution in [0.1, 0.15) is 11.1 Å². The van der Waals surface area contributed by atoms with Crippen LogP contribution in [0.25, 0.3) is 0 Å². The van der Waals surface area contributed by atoms with Gasteiger partial charge in [0, 0.05) is 8.95 Å². The summed E-state index contributed by atoms with van der Waals surface area (Å²) in [5, 5.41) is 0. The third-order valence-electron chi connectivity index (χ3n) is 4.77. The number of hydrogen-bond donors (Lipinski definition) is 0. The van der Waals surface area contributed by atoms with Crippen molar-refractivity contribution in [2.45, 2.75) is 23.6 Å². The van der Waals surface area contributed by atoms with Crippen LogP contribution in [0.5, 0.6) is 23.0 Å². The third kappa shape index (κ3) is 5.85.